The van der Waals surface area contributed by atoms with Gasteiger partial charge in [-0.3, -0.25) is 4.99 Å². The summed E-state index contributed by atoms with van der Waals surface area (Å²) in [4.78, 5) is 6.81. The number of nitrogens with zero attached hydrogens (tertiary/aromatic N) is 2. The molecule has 0 saturated carbocycles. The number of hydrogen-bond donors (Lipinski definition) is 1. The SMILES string of the molecule is CCN=C(NCC)N1CCc2ccccc21. The summed E-state index contributed by atoms with van der Waals surface area (Å²) in [5.74, 6) is 1.01. The largest absolute Gasteiger partial charge is 0.356 e. The monoisotopic (exact) mass is 217 g/mol. The summed E-state index contributed by atoms with van der Waals surface area (Å²) in [6.45, 7) is 6.94. The van der Waals surface area contributed by atoms with E-state index in [4.69, 9.17) is 0 Å². The van der Waals surface area contributed by atoms with Crippen LogP contribution in [-0.4, -0.2) is 25.6 Å². The Morgan fingerprint density at radius 2 is 2.19 bits per heavy atom. The van der Waals surface area contributed by atoms with Crippen molar-refractivity contribution in [1.29, 1.82) is 0 Å². The third-order valence-electron chi connectivity index (χ3n) is 2.79. The van der Waals surface area contributed by atoms with E-state index in [1.165, 1.54) is 11.3 Å². The molecular formula is C13H19N3. The predicted octanol–water partition coefficient (Wildman–Crippen LogP) is 2.03. The second kappa shape index (κ2) is 5.01. The number of guanidine groups is 1. The van der Waals surface area contributed by atoms with Crippen LogP contribution in [0.1, 0.15) is 19.4 Å². The van der Waals surface area contributed by atoms with Crippen molar-refractivity contribution in [3.8, 4) is 0 Å². The van der Waals surface area contributed by atoms with E-state index in [2.05, 4.69) is 53.3 Å². The molecule has 0 amide bonds. The average Bonchev–Trinajstić information content (AvgIpc) is 2.72. The summed E-state index contributed by atoms with van der Waals surface area (Å²) in [5.41, 5.74) is 2.72. The Morgan fingerprint density at radius 1 is 1.38 bits per heavy atom. The van der Waals surface area contributed by atoms with Gasteiger partial charge in [0.2, 0.25) is 0 Å². The number of anilines is 1. The van der Waals surface area contributed by atoms with Crippen LogP contribution in [0.3, 0.4) is 0 Å². The summed E-state index contributed by atoms with van der Waals surface area (Å²) >= 11 is 0. The number of aliphatic imine (C=N–C) groups is 1. The molecule has 0 bridgehead atoms. The molecule has 0 atom stereocenters. The summed E-state index contributed by atoms with van der Waals surface area (Å²) in [6, 6.07) is 8.56. The fourth-order valence-corrected chi connectivity index (χ4v) is 2.10. The number of rotatable bonds is 2. The Bertz CT molecular complexity index is 385. The van der Waals surface area contributed by atoms with Crippen molar-refractivity contribution < 1.29 is 0 Å². The lowest BCUT2D eigenvalue weighted by atomic mass is 10.2. The van der Waals surface area contributed by atoms with Gasteiger partial charge in [0.15, 0.2) is 5.96 Å². The van der Waals surface area contributed by atoms with Crippen LogP contribution in [0.5, 0.6) is 0 Å². The van der Waals surface area contributed by atoms with Gasteiger partial charge in [-0.15, -0.1) is 0 Å². The molecule has 0 aliphatic carbocycles. The molecule has 1 aliphatic rings. The molecule has 0 saturated heterocycles. The maximum absolute atomic E-state index is 4.53. The van der Waals surface area contributed by atoms with E-state index in [1.54, 1.807) is 0 Å². The van der Waals surface area contributed by atoms with Crippen molar-refractivity contribution in [2.24, 2.45) is 4.99 Å². The third kappa shape index (κ3) is 2.03. The summed E-state index contributed by atoms with van der Waals surface area (Å²) in [5, 5.41) is 3.34. The van der Waals surface area contributed by atoms with Gasteiger partial charge >= 0.3 is 0 Å². The van der Waals surface area contributed by atoms with Crippen LogP contribution < -0.4 is 10.2 Å². The van der Waals surface area contributed by atoms with E-state index < -0.39 is 0 Å². The van der Waals surface area contributed by atoms with Crippen molar-refractivity contribution in [1.82, 2.24) is 5.32 Å². The van der Waals surface area contributed by atoms with E-state index in [0.717, 1.165) is 32.0 Å². The van der Waals surface area contributed by atoms with Crippen molar-refractivity contribution >= 4 is 11.6 Å². The first-order chi connectivity index (χ1) is 7.86. The van der Waals surface area contributed by atoms with Crippen LogP contribution >= 0.6 is 0 Å². The van der Waals surface area contributed by atoms with E-state index >= 15 is 0 Å². The Balaban J connectivity index is 2.25. The van der Waals surface area contributed by atoms with E-state index in [9.17, 15) is 0 Å². The highest BCUT2D eigenvalue weighted by atomic mass is 15.3. The molecule has 3 nitrogen and oxygen atoms in total. The van der Waals surface area contributed by atoms with Crippen molar-refractivity contribution in [3.05, 3.63) is 29.8 Å². The van der Waals surface area contributed by atoms with Crippen molar-refractivity contribution in [3.63, 3.8) is 0 Å². The molecule has 3 heteroatoms. The van der Waals surface area contributed by atoms with E-state index in [1.807, 2.05) is 0 Å². The first-order valence-electron chi connectivity index (χ1n) is 6.00. The highest BCUT2D eigenvalue weighted by Crippen LogP contribution is 2.27. The molecule has 1 aromatic rings. The van der Waals surface area contributed by atoms with Gasteiger partial charge in [0, 0.05) is 25.3 Å². The maximum Gasteiger partial charge on any atom is 0.198 e. The van der Waals surface area contributed by atoms with Crippen LogP contribution in [0, 0.1) is 0 Å². The lowest BCUT2D eigenvalue weighted by Gasteiger charge is -2.22. The molecular weight excluding hydrogens is 198 g/mol. The normalized spacial score (nSPS) is 15.1. The van der Waals surface area contributed by atoms with E-state index in [-0.39, 0.29) is 0 Å². The molecule has 0 unspecified atom stereocenters. The fraction of sp³-hybridized carbons (Fsp3) is 0.462. The standard InChI is InChI=1S/C13H19N3/c1-3-14-13(15-4-2)16-10-9-11-7-5-6-8-12(11)16/h5-8H,3-4,9-10H2,1-2H3,(H,14,15). The molecule has 16 heavy (non-hydrogen) atoms. The molecule has 0 aromatic heterocycles. The highest BCUT2D eigenvalue weighted by molar-refractivity contribution is 5.97. The lowest BCUT2D eigenvalue weighted by molar-refractivity contribution is 0.890. The first-order valence-corrected chi connectivity index (χ1v) is 6.00. The van der Waals surface area contributed by atoms with Gasteiger partial charge in [-0.05, 0) is 31.9 Å². The maximum atomic E-state index is 4.53. The Hall–Kier alpha value is -1.51. The van der Waals surface area contributed by atoms with Gasteiger partial charge in [0.05, 0.1) is 0 Å². The zero-order valence-electron chi connectivity index (χ0n) is 10.0. The molecule has 0 spiro atoms. The van der Waals surface area contributed by atoms with Crippen molar-refractivity contribution in [2.45, 2.75) is 20.3 Å². The highest BCUT2D eigenvalue weighted by Gasteiger charge is 2.21. The van der Waals surface area contributed by atoms with Crippen molar-refractivity contribution in [2.75, 3.05) is 24.5 Å². The minimum atomic E-state index is 0.820. The summed E-state index contributed by atoms with van der Waals surface area (Å²) in [7, 11) is 0. The zero-order valence-corrected chi connectivity index (χ0v) is 10.0. The van der Waals surface area contributed by atoms with Gasteiger partial charge in [-0.25, -0.2) is 0 Å². The van der Waals surface area contributed by atoms with E-state index in [0.29, 0.717) is 0 Å². The molecule has 0 fully saturated rings. The van der Waals surface area contributed by atoms with Gasteiger partial charge in [0.25, 0.3) is 0 Å². The third-order valence-corrected chi connectivity index (χ3v) is 2.79. The number of benzene rings is 1. The molecule has 1 N–H and O–H groups in total. The Labute approximate surface area is 97.2 Å². The van der Waals surface area contributed by atoms with Gasteiger partial charge in [-0.2, -0.15) is 0 Å². The molecule has 1 aliphatic heterocycles. The second-order valence-electron chi connectivity index (χ2n) is 3.86. The van der Waals surface area contributed by atoms with Gasteiger partial charge < -0.3 is 10.2 Å². The van der Waals surface area contributed by atoms with Crippen LogP contribution in [0.15, 0.2) is 29.3 Å². The second-order valence-corrected chi connectivity index (χ2v) is 3.86. The average molecular weight is 217 g/mol. The number of nitrogens with one attached hydrogen (secondary N) is 1. The van der Waals surface area contributed by atoms with Gasteiger partial charge in [0.1, 0.15) is 0 Å². The van der Waals surface area contributed by atoms with Crippen LogP contribution in [0.4, 0.5) is 5.69 Å². The summed E-state index contributed by atoms with van der Waals surface area (Å²) in [6.07, 6.45) is 1.12. The fourth-order valence-electron chi connectivity index (χ4n) is 2.10. The smallest absolute Gasteiger partial charge is 0.198 e. The molecule has 1 aromatic carbocycles. The molecule has 1 heterocycles. The lowest BCUT2D eigenvalue weighted by Crippen LogP contribution is -2.40. The Morgan fingerprint density at radius 3 is 2.94 bits per heavy atom. The van der Waals surface area contributed by atoms with Crippen LogP contribution in [0.2, 0.25) is 0 Å². The van der Waals surface area contributed by atoms with Gasteiger partial charge in [-0.1, -0.05) is 18.2 Å². The first kappa shape index (κ1) is 11.0. The molecule has 0 radical (unpaired) electrons. The zero-order chi connectivity index (χ0) is 11.4. The molecule has 86 valence electrons. The number of hydrogen-bond acceptors (Lipinski definition) is 1. The number of para-hydroxylation sites is 1. The predicted molar refractivity (Wildman–Crippen MR) is 69.1 cm³/mol. The minimum absolute atomic E-state index is 0.820. The topological polar surface area (TPSA) is 27.6 Å². The van der Waals surface area contributed by atoms with Crippen LogP contribution in [0.25, 0.3) is 0 Å². The van der Waals surface area contributed by atoms with Crippen LogP contribution in [-0.2, 0) is 6.42 Å². The number of fused-ring (bicyclic) bond motifs is 1. The Kier molecular flexibility index (Phi) is 3.44. The quantitative estimate of drug-likeness (QED) is 0.606. The minimum Gasteiger partial charge on any atom is -0.356 e. The summed E-state index contributed by atoms with van der Waals surface area (Å²) < 4.78 is 0. The molecule has 2 rings (SSSR count).